The number of benzene rings is 1. The van der Waals surface area contributed by atoms with Gasteiger partial charge in [-0.15, -0.1) is 0 Å². The van der Waals surface area contributed by atoms with E-state index in [4.69, 9.17) is 5.73 Å². The first-order valence-electron chi connectivity index (χ1n) is 5.22. The molecule has 2 aromatic rings. The van der Waals surface area contributed by atoms with E-state index in [1.165, 1.54) is 0 Å². The molecule has 0 atom stereocenters. The number of aromatic nitrogens is 2. The van der Waals surface area contributed by atoms with Gasteiger partial charge in [0.05, 0.1) is 5.69 Å². The summed E-state index contributed by atoms with van der Waals surface area (Å²) in [6.07, 6.45) is 0. The van der Waals surface area contributed by atoms with Crippen LogP contribution in [0.1, 0.15) is 25.3 Å². The minimum atomic E-state index is 0.252. The monoisotopic (exact) mass is 217 g/mol. The third-order valence-electron chi connectivity index (χ3n) is 2.57. The Morgan fingerprint density at radius 2 is 1.88 bits per heavy atom. The number of nitrogens with one attached hydrogen (secondary N) is 1. The molecule has 1 aromatic heterocycles. The third kappa shape index (κ3) is 1.74. The Morgan fingerprint density at radius 1 is 1.25 bits per heavy atom. The molecule has 84 valence electrons. The number of nitrogens with two attached hydrogens (primary N) is 1. The summed E-state index contributed by atoms with van der Waals surface area (Å²) >= 11 is 0. The summed E-state index contributed by atoms with van der Waals surface area (Å²) < 4.78 is 0. The molecule has 1 heterocycles. The fraction of sp³-hybridized carbons (Fsp3) is 0.250. The summed E-state index contributed by atoms with van der Waals surface area (Å²) in [5.74, 6) is 1.10. The third-order valence-corrected chi connectivity index (χ3v) is 2.57. The van der Waals surface area contributed by atoms with Crippen LogP contribution in [0.4, 0.5) is 5.82 Å². The average molecular weight is 217 g/mol. The van der Waals surface area contributed by atoms with Gasteiger partial charge in [0.2, 0.25) is 0 Å². The zero-order valence-electron chi connectivity index (χ0n) is 9.36. The molecule has 0 unspecified atom stereocenters. The van der Waals surface area contributed by atoms with Crippen LogP contribution in [0.3, 0.4) is 0 Å². The van der Waals surface area contributed by atoms with Crippen molar-refractivity contribution in [3.05, 3.63) is 29.8 Å². The predicted molar refractivity (Wildman–Crippen MR) is 64.2 cm³/mol. The summed E-state index contributed by atoms with van der Waals surface area (Å²) in [6.45, 7) is 4.15. The topological polar surface area (TPSA) is 74.9 Å². The number of nitrogens with zero attached hydrogens (tertiary/aromatic N) is 1. The van der Waals surface area contributed by atoms with E-state index in [0.29, 0.717) is 11.7 Å². The smallest absolute Gasteiger partial charge is 0.149 e. The minimum Gasteiger partial charge on any atom is -0.508 e. The van der Waals surface area contributed by atoms with Crippen molar-refractivity contribution in [1.82, 2.24) is 10.2 Å². The SMILES string of the molecule is CC(C)c1c(N)n[nH]c1-c1ccc(O)cc1. The number of nitrogen functional groups attached to an aromatic ring is 1. The molecule has 0 saturated carbocycles. The molecule has 0 radical (unpaired) electrons. The van der Waals surface area contributed by atoms with Gasteiger partial charge in [0.15, 0.2) is 0 Å². The quantitative estimate of drug-likeness (QED) is 0.723. The van der Waals surface area contributed by atoms with Crippen LogP contribution >= 0.6 is 0 Å². The van der Waals surface area contributed by atoms with Crippen LogP contribution in [-0.2, 0) is 0 Å². The van der Waals surface area contributed by atoms with Crippen molar-refractivity contribution in [2.75, 3.05) is 5.73 Å². The number of hydrogen-bond acceptors (Lipinski definition) is 3. The standard InChI is InChI=1S/C12H15N3O/c1-7(2)10-11(14-15-12(10)13)8-3-5-9(16)6-4-8/h3-7,16H,1-2H3,(H3,13,14,15). The molecular weight excluding hydrogens is 202 g/mol. The molecule has 0 aliphatic heterocycles. The maximum atomic E-state index is 9.24. The summed E-state index contributed by atoms with van der Waals surface area (Å²) in [5, 5.41) is 16.2. The van der Waals surface area contributed by atoms with Crippen LogP contribution in [0, 0.1) is 0 Å². The second kappa shape index (κ2) is 3.89. The lowest BCUT2D eigenvalue weighted by Gasteiger charge is -2.07. The van der Waals surface area contributed by atoms with Crippen LogP contribution in [-0.4, -0.2) is 15.3 Å². The maximum absolute atomic E-state index is 9.24. The molecule has 1 aromatic carbocycles. The lowest BCUT2D eigenvalue weighted by molar-refractivity contribution is 0.475. The number of hydrogen-bond donors (Lipinski definition) is 3. The van der Waals surface area contributed by atoms with Gasteiger partial charge >= 0.3 is 0 Å². The van der Waals surface area contributed by atoms with E-state index < -0.39 is 0 Å². The first-order chi connectivity index (χ1) is 7.59. The van der Waals surface area contributed by atoms with Gasteiger partial charge in [0, 0.05) is 11.1 Å². The van der Waals surface area contributed by atoms with Crippen molar-refractivity contribution in [1.29, 1.82) is 0 Å². The highest BCUT2D eigenvalue weighted by Crippen LogP contribution is 2.31. The van der Waals surface area contributed by atoms with Crippen molar-refractivity contribution < 1.29 is 5.11 Å². The Hall–Kier alpha value is -1.97. The summed E-state index contributed by atoms with van der Waals surface area (Å²) in [6, 6.07) is 6.98. The van der Waals surface area contributed by atoms with E-state index in [0.717, 1.165) is 16.8 Å². The van der Waals surface area contributed by atoms with Gasteiger partial charge in [-0.2, -0.15) is 5.10 Å². The molecule has 4 heteroatoms. The van der Waals surface area contributed by atoms with E-state index >= 15 is 0 Å². The van der Waals surface area contributed by atoms with Crippen LogP contribution in [0.5, 0.6) is 5.75 Å². The highest BCUT2D eigenvalue weighted by atomic mass is 16.3. The van der Waals surface area contributed by atoms with Gasteiger partial charge in [-0.1, -0.05) is 13.8 Å². The number of H-pyrrole nitrogens is 1. The number of rotatable bonds is 2. The van der Waals surface area contributed by atoms with Crippen molar-refractivity contribution in [2.45, 2.75) is 19.8 Å². The van der Waals surface area contributed by atoms with Gasteiger partial charge < -0.3 is 10.8 Å². The van der Waals surface area contributed by atoms with Crippen LogP contribution in [0.25, 0.3) is 11.3 Å². The maximum Gasteiger partial charge on any atom is 0.149 e. The lowest BCUT2D eigenvalue weighted by Crippen LogP contribution is -1.95. The summed E-state index contributed by atoms with van der Waals surface area (Å²) in [4.78, 5) is 0. The molecule has 4 N–H and O–H groups in total. The summed E-state index contributed by atoms with van der Waals surface area (Å²) in [7, 11) is 0. The fourth-order valence-electron chi connectivity index (χ4n) is 1.80. The zero-order chi connectivity index (χ0) is 11.7. The van der Waals surface area contributed by atoms with Gasteiger partial charge in [0.1, 0.15) is 11.6 Å². The van der Waals surface area contributed by atoms with Gasteiger partial charge in [-0.05, 0) is 30.2 Å². The fourth-order valence-corrected chi connectivity index (χ4v) is 1.80. The number of phenols is 1. The van der Waals surface area contributed by atoms with Crippen LogP contribution < -0.4 is 5.73 Å². The van der Waals surface area contributed by atoms with Crippen molar-refractivity contribution in [3.8, 4) is 17.0 Å². The van der Waals surface area contributed by atoms with Gasteiger partial charge in [-0.25, -0.2) is 0 Å². The Morgan fingerprint density at radius 3 is 2.44 bits per heavy atom. The van der Waals surface area contributed by atoms with Crippen molar-refractivity contribution in [2.24, 2.45) is 0 Å². The van der Waals surface area contributed by atoms with Crippen LogP contribution in [0.15, 0.2) is 24.3 Å². The van der Waals surface area contributed by atoms with Gasteiger partial charge in [-0.3, -0.25) is 5.10 Å². The second-order valence-electron chi connectivity index (χ2n) is 4.10. The molecule has 0 saturated heterocycles. The zero-order valence-corrected chi connectivity index (χ0v) is 9.36. The molecule has 0 spiro atoms. The molecule has 16 heavy (non-hydrogen) atoms. The van der Waals surface area contributed by atoms with E-state index in [1.54, 1.807) is 12.1 Å². The Bertz CT molecular complexity index is 485. The first-order valence-corrected chi connectivity index (χ1v) is 5.22. The molecule has 0 aliphatic carbocycles. The van der Waals surface area contributed by atoms with Crippen molar-refractivity contribution >= 4 is 5.82 Å². The first kappa shape index (κ1) is 10.5. The molecule has 0 aliphatic rings. The lowest BCUT2D eigenvalue weighted by atomic mass is 9.99. The summed E-state index contributed by atoms with van der Waals surface area (Å²) in [5.41, 5.74) is 8.74. The largest absolute Gasteiger partial charge is 0.508 e. The predicted octanol–water partition coefficient (Wildman–Crippen LogP) is 2.49. The Kier molecular flexibility index (Phi) is 2.56. The molecule has 0 bridgehead atoms. The number of phenolic OH excluding ortho intramolecular Hbond substituents is 1. The number of aromatic amines is 1. The number of anilines is 1. The highest BCUT2D eigenvalue weighted by Gasteiger charge is 2.15. The van der Waals surface area contributed by atoms with E-state index in [-0.39, 0.29) is 5.75 Å². The minimum absolute atomic E-state index is 0.252. The molecular formula is C12H15N3O. The molecule has 2 rings (SSSR count). The molecule has 0 amide bonds. The van der Waals surface area contributed by atoms with E-state index in [2.05, 4.69) is 24.0 Å². The molecule has 0 fully saturated rings. The van der Waals surface area contributed by atoms with E-state index in [1.807, 2.05) is 12.1 Å². The Labute approximate surface area is 94.1 Å². The van der Waals surface area contributed by atoms with Crippen molar-refractivity contribution in [3.63, 3.8) is 0 Å². The molecule has 4 nitrogen and oxygen atoms in total. The second-order valence-corrected chi connectivity index (χ2v) is 4.10. The van der Waals surface area contributed by atoms with Gasteiger partial charge in [0.25, 0.3) is 0 Å². The normalized spacial score (nSPS) is 10.9. The van der Waals surface area contributed by atoms with Crippen LogP contribution in [0.2, 0.25) is 0 Å². The highest BCUT2D eigenvalue weighted by molar-refractivity contribution is 5.69. The number of aromatic hydroxyl groups is 1. The average Bonchev–Trinajstić information content (AvgIpc) is 2.61. The Balaban J connectivity index is 2.52. The van der Waals surface area contributed by atoms with E-state index in [9.17, 15) is 5.11 Å².